The van der Waals surface area contributed by atoms with Gasteiger partial charge in [0.05, 0.1) is 18.1 Å². The quantitative estimate of drug-likeness (QED) is 0.474. The third kappa shape index (κ3) is 5.24. The summed E-state index contributed by atoms with van der Waals surface area (Å²) >= 11 is 6.05. The number of rotatable bonds is 7. The zero-order valence-electron chi connectivity index (χ0n) is 11.9. The van der Waals surface area contributed by atoms with Gasteiger partial charge in [-0.25, -0.2) is 0 Å². The standard InChI is InChI=1S/C14H20ClN3O3/c15-14-3-2-13(18(19)20)10-12(14)11-16-4-1-5-17-6-8-21-9-7-17/h2-3,10,16H,1,4-9,11H2. The van der Waals surface area contributed by atoms with Crippen molar-refractivity contribution in [3.63, 3.8) is 0 Å². The lowest BCUT2D eigenvalue weighted by Crippen LogP contribution is -2.37. The van der Waals surface area contributed by atoms with E-state index in [1.807, 2.05) is 0 Å². The highest BCUT2D eigenvalue weighted by molar-refractivity contribution is 6.31. The Balaban J connectivity index is 1.70. The molecule has 116 valence electrons. The van der Waals surface area contributed by atoms with Gasteiger partial charge >= 0.3 is 0 Å². The molecule has 1 aromatic carbocycles. The molecule has 0 spiro atoms. The first-order valence-corrected chi connectivity index (χ1v) is 7.48. The van der Waals surface area contributed by atoms with Crippen LogP contribution in [0.25, 0.3) is 0 Å². The average molecular weight is 314 g/mol. The summed E-state index contributed by atoms with van der Waals surface area (Å²) in [4.78, 5) is 12.7. The smallest absolute Gasteiger partial charge is 0.269 e. The lowest BCUT2D eigenvalue weighted by Gasteiger charge is -2.26. The number of hydrogen-bond donors (Lipinski definition) is 1. The molecule has 2 rings (SSSR count). The predicted octanol–water partition coefficient (Wildman–Crippen LogP) is 2.06. The van der Waals surface area contributed by atoms with Crippen molar-refractivity contribution in [2.75, 3.05) is 39.4 Å². The molecule has 1 saturated heterocycles. The minimum absolute atomic E-state index is 0.0736. The van der Waals surface area contributed by atoms with Crippen LogP contribution in [0.2, 0.25) is 5.02 Å². The average Bonchev–Trinajstić information content (AvgIpc) is 2.49. The van der Waals surface area contributed by atoms with Crippen molar-refractivity contribution in [2.45, 2.75) is 13.0 Å². The van der Waals surface area contributed by atoms with E-state index in [0.29, 0.717) is 11.6 Å². The second-order valence-electron chi connectivity index (χ2n) is 5.02. The fraction of sp³-hybridized carbons (Fsp3) is 0.571. The second kappa shape index (κ2) is 8.29. The first kappa shape index (κ1) is 16.2. The summed E-state index contributed by atoms with van der Waals surface area (Å²) in [5.74, 6) is 0. The number of nitrogens with zero attached hydrogens (tertiary/aromatic N) is 2. The third-order valence-electron chi connectivity index (χ3n) is 3.49. The number of non-ortho nitro benzene ring substituents is 1. The number of hydrogen-bond acceptors (Lipinski definition) is 5. The molecule has 0 saturated carbocycles. The zero-order chi connectivity index (χ0) is 15.1. The van der Waals surface area contributed by atoms with Gasteiger partial charge in [0, 0.05) is 36.8 Å². The lowest BCUT2D eigenvalue weighted by atomic mass is 10.2. The van der Waals surface area contributed by atoms with E-state index >= 15 is 0 Å². The van der Waals surface area contributed by atoms with Gasteiger partial charge in [-0.05, 0) is 31.1 Å². The molecular formula is C14H20ClN3O3. The zero-order valence-corrected chi connectivity index (χ0v) is 12.6. The Labute approximate surface area is 129 Å². The van der Waals surface area contributed by atoms with Gasteiger partial charge in [-0.1, -0.05) is 11.6 Å². The second-order valence-corrected chi connectivity index (χ2v) is 5.42. The summed E-state index contributed by atoms with van der Waals surface area (Å²) in [6.45, 7) is 6.07. The number of benzene rings is 1. The van der Waals surface area contributed by atoms with Crippen LogP contribution < -0.4 is 5.32 Å². The van der Waals surface area contributed by atoms with Gasteiger partial charge in [0.15, 0.2) is 0 Å². The van der Waals surface area contributed by atoms with Gasteiger partial charge in [0.25, 0.3) is 5.69 Å². The summed E-state index contributed by atoms with van der Waals surface area (Å²) < 4.78 is 5.30. The van der Waals surface area contributed by atoms with Crippen LogP contribution in [-0.2, 0) is 11.3 Å². The third-order valence-corrected chi connectivity index (χ3v) is 3.86. The van der Waals surface area contributed by atoms with Gasteiger partial charge < -0.3 is 10.1 Å². The molecule has 0 radical (unpaired) electrons. The number of nitro benzene ring substituents is 1. The maximum absolute atomic E-state index is 10.7. The van der Waals surface area contributed by atoms with Crippen LogP contribution in [-0.4, -0.2) is 49.2 Å². The highest BCUT2D eigenvalue weighted by atomic mass is 35.5. The number of morpholine rings is 1. The predicted molar refractivity (Wildman–Crippen MR) is 81.7 cm³/mol. The van der Waals surface area contributed by atoms with E-state index in [-0.39, 0.29) is 5.69 Å². The fourth-order valence-electron chi connectivity index (χ4n) is 2.29. The molecule has 1 N–H and O–H groups in total. The molecule has 1 heterocycles. The molecule has 1 aliphatic heterocycles. The Hall–Kier alpha value is -1.21. The van der Waals surface area contributed by atoms with Crippen LogP contribution in [0.15, 0.2) is 18.2 Å². The lowest BCUT2D eigenvalue weighted by molar-refractivity contribution is -0.384. The molecular weight excluding hydrogens is 294 g/mol. The summed E-state index contributed by atoms with van der Waals surface area (Å²) in [5, 5.41) is 14.6. The van der Waals surface area contributed by atoms with E-state index in [1.165, 1.54) is 12.1 Å². The van der Waals surface area contributed by atoms with E-state index in [1.54, 1.807) is 6.07 Å². The van der Waals surface area contributed by atoms with Gasteiger partial charge in [-0.3, -0.25) is 15.0 Å². The van der Waals surface area contributed by atoms with Gasteiger partial charge in [0.1, 0.15) is 0 Å². The summed E-state index contributed by atoms with van der Waals surface area (Å²) in [5.41, 5.74) is 0.835. The molecule has 1 aliphatic rings. The molecule has 1 aromatic rings. The molecule has 7 heteroatoms. The van der Waals surface area contributed by atoms with Crippen LogP contribution >= 0.6 is 11.6 Å². The molecule has 0 bridgehead atoms. The van der Waals surface area contributed by atoms with Crippen molar-refractivity contribution < 1.29 is 9.66 Å². The maximum atomic E-state index is 10.7. The first-order valence-electron chi connectivity index (χ1n) is 7.10. The van der Waals surface area contributed by atoms with Gasteiger partial charge in [-0.15, -0.1) is 0 Å². The highest BCUT2D eigenvalue weighted by Gasteiger charge is 2.10. The molecule has 0 aromatic heterocycles. The van der Waals surface area contributed by atoms with Crippen LogP contribution in [0.3, 0.4) is 0 Å². The van der Waals surface area contributed by atoms with Crippen molar-refractivity contribution in [2.24, 2.45) is 0 Å². The number of halogens is 1. The topological polar surface area (TPSA) is 67.6 Å². The van der Waals surface area contributed by atoms with E-state index < -0.39 is 4.92 Å². The molecule has 1 fully saturated rings. The Morgan fingerprint density at radius 2 is 2.14 bits per heavy atom. The first-order chi connectivity index (χ1) is 10.2. The number of nitro groups is 1. The normalized spacial score (nSPS) is 16.0. The summed E-state index contributed by atoms with van der Waals surface area (Å²) in [6.07, 6.45) is 1.03. The molecule has 21 heavy (non-hydrogen) atoms. The Bertz CT molecular complexity index is 479. The van der Waals surface area contributed by atoms with E-state index in [9.17, 15) is 10.1 Å². The highest BCUT2D eigenvalue weighted by Crippen LogP contribution is 2.21. The van der Waals surface area contributed by atoms with Crippen molar-refractivity contribution >= 4 is 17.3 Å². The van der Waals surface area contributed by atoms with E-state index in [2.05, 4.69) is 10.2 Å². The van der Waals surface area contributed by atoms with Crippen LogP contribution in [0.5, 0.6) is 0 Å². The van der Waals surface area contributed by atoms with Crippen molar-refractivity contribution in [3.8, 4) is 0 Å². The van der Waals surface area contributed by atoms with Crippen LogP contribution in [0.4, 0.5) is 5.69 Å². The van der Waals surface area contributed by atoms with Crippen molar-refractivity contribution in [1.82, 2.24) is 10.2 Å². The fourth-order valence-corrected chi connectivity index (χ4v) is 2.47. The Kier molecular flexibility index (Phi) is 6.38. The summed E-state index contributed by atoms with van der Waals surface area (Å²) in [6, 6.07) is 4.52. The molecule has 6 nitrogen and oxygen atoms in total. The minimum atomic E-state index is -0.405. The van der Waals surface area contributed by atoms with Crippen molar-refractivity contribution in [1.29, 1.82) is 0 Å². The molecule has 0 amide bonds. The van der Waals surface area contributed by atoms with Gasteiger partial charge in [-0.2, -0.15) is 0 Å². The summed E-state index contributed by atoms with van der Waals surface area (Å²) in [7, 11) is 0. The van der Waals surface area contributed by atoms with Crippen molar-refractivity contribution in [3.05, 3.63) is 38.9 Å². The van der Waals surface area contributed by atoms with E-state index in [4.69, 9.17) is 16.3 Å². The van der Waals surface area contributed by atoms with E-state index in [0.717, 1.165) is 51.4 Å². The number of nitrogens with one attached hydrogen (secondary N) is 1. The molecule has 0 aliphatic carbocycles. The minimum Gasteiger partial charge on any atom is -0.379 e. The van der Waals surface area contributed by atoms with Crippen LogP contribution in [0, 0.1) is 10.1 Å². The number of ether oxygens (including phenoxy) is 1. The molecule has 0 atom stereocenters. The largest absolute Gasteiger partial charge is 0.379 e. The van der Waals surface area contributed by atoms with Gasteiger partial charge in [0.2, 0.25) is 0 Å². The monoisotopic (exact) mass is 313 g/mol. The molecule has 0 unspecified atom stereocenters. The Morgan fingerprint density at radius 1 is 1.38 bits per heavy atom. The SMILES string of the molecule is O=[N+]([O-])c1ccc(Cl)c(CNCCCN2CCOCC2)c1. The van der Waals surface area contributed by atoms with Crippen LogP contribution in [0.1, 0.15) is 12.0 Å². The maximum Gasteiger partial charge on any atom is 0.269 e. The Morgan fingerprint density at radius 3 is 2.86 bits per heavy atom.